The van der Waals surface area contributed by atoms with Crippen molar-refractivity contribution in [3.05, 3.63) is 29.8 Å². The Morgan fingerprint density at radius 2 is 1.74 bits per heavy atom. The quantitative estimate of drug-likeness (QED) is 0.827. The number of urea groups is 1. The zero-order valence-electron chi connectivity index (χ0n) is 16.7. The third-order valence-electron chi connectivity index (χ3n) is 5.79. The molecule has 1 heterocycles. The fourth-order valence-electron chi connectivity index (χ4n) is 4.25. The number of benzene rings is 1. The highest BCUT2D eigenvalue weighted by Gasteiger charge is 2.55. The largest absolute Gasteiger partial charge is 0.327 e. The minimum atomic E-state index is -0.751. The second-order valence-corrected chi connectivity index (χ2v) is 8.67. The molecule has 1 saturated carbocycles. The van der Waals surface area contributed by atoms with E-state index in [0.717, 1.165) is 35.4 Å². The Bertz CT molecular complexity index is 760. The summed E-state index contributed by atoms with van der Waals surface area (Å²) in [4.78, 5) is 41.0. The molecule has 27 heavy (non-hydrogen) atoms. The minimum absolute atomic E-state index is 0.129. The lowest BCUT2D eigenvalue weighted by Gasteiger charge is -2.35. The Morgan fingerprint density at radius 3 is 2.37 bits per heavy atom. The van der Waals surface area contributed by atoms with Gasteiger partial charge in [0.2, 0.25) is 5.91 Å². The van der Waals surface area contributed by atoms with Gasteiger partial charge in [0.1, 0.15) is 12.1 Å². The van der Waals surface area contributed by atoms with Gasteiger partial charge in [-0.25, -0.2) is 4.79 Å². The topological polar surface area (TPSA) is 69.7 Å². The summed E-state index contributed by atoms with van der Waals surface area (Å²) in [5.74, 6) is -0.580. The first-order valence-electron chi connectivity index (χ1n) is 9.66. The molecule has 1 N–H and O–H groups in total. The molecule has 1 aromatic rings. The highest BCUT2D eigenvalue weighted by molar-refractivity contribution is 6.10. The summed E-state index contributed by atoms with van der Waals surface area (Å²) in [6.07, 6.45) is 4.31. The Morgan fingerprint density at radius 1 is 1.11 bits per heavy atom. The number of rotatable bonds is 3. The van der Waals surface area contributed by atoms with Gasteiger partial charge >= 0.3 is 6.03 Å². The van der Waals surface area contributed by atoms with Crippen molar-refractivity contribution in [3.63, 3.8) is 0 Å². The summed E-state index contributed by atoms with van der Waals surface area (Å²) in [5, 5.41) is 2.89. The van der Waals surface area contributed by atoms with Crippen molar-refractivity contribution in [1.29, 1.82) is 0 Å². The zero-order valence-corrected chi connectivity index (χ0v) is 16.7. The van der Waals surface area contributed by atoms with Crippen LogP contribution in [0.2, 0.25) is 0 Å². The van der Waals surface area contributed by atoms with Crippen LogP contribution in [0, 0.1) is 0 Å². The predicted molar refractivity (Wildman–Crippen MR) is 104 cm³/mol. The monoisotopic (exact) mass is 371 g/mol. The normalized spacial score (nSPS) is 19.7. The van der Waals surface area contributed by atoms with Crippen LogP contribution in [-0.2, 0) is 15.0 Å². The molecule has 6 heteroatoms. The van der Waals surface area contributed by atoms with Crippen LogP contribution in [0.15, 0.2) is 24.3 Å². The summed E-state index contributed by atoms with van der Waals surface area (Å²) in [6, 6.07) is 7.25. The summed E-state index contributed by atoms with van der Waals surface area (Å²) >= 11 is 0. The summed E-state index contributed by atoms with van der Waals surface area (Å²) in [5.41, 5.74) is 0.849. The number of para-hydroxylation sites is 1. The lowest BCUT2D eigenvalue weighted by Crippen LogP contribution is -2.49. The highest BCUT2D eigenvalue weighted by Crippen LogP contribution is 2.39. The third kappa shape index (κ3) is 3.45. The maximum atomic E-state index is 13.0. The minimum Gasteiger partial charge on any atom is -0.324 e. The molecular formula is C21H29N3O3. The average Bonchev–Trinajstić information content (AvgIpc) is 2.78. The molecule has 0 aromatic heterocycles. The first-order chi connectivity index (χ1) is 12.7. The Hall–Kier alpha value is -2.37. The third-order valence-corrected chi connectivity index (χ3v) is 5.79. The van der Waals surface area contributed by atoms with E-state index in [9.17, 15) is 14.4 Å². The highest BCUT2D eigenvalue weighted by atomic mass is 16.2. The second kappa shape index (κ2) is 6.98. The molecule has 1 aliphatic heterocycles. The molecule has 3 rings (SSSR count). The van der Waals surface area contributed by atoms with Crippen LogP contribution in [0.3, 0.4) is 0 Å². The molecule has 1 aromatic carbocycles. The lowest BCUT2D eigenvalue weighted by molar-refractivity contribution is -0.136. The average molecular weight is 371 g/mol. The van der Waals surface area contributed by atoms with E-state index in [4.69, 9.17) is 0 Å². The van der Waals surface area contributed by atoms with Crippen LogP contribution in [0.4, 0.5) is 10.5 Å². The van der Waals surface area contributed by atoms with E-state index in [-0.39, 0.29) is 29.8 Å². The number of nitrogens with zero attached hydrogens (tertiary/aromatic N) is 2. The maximum absolute atomic E-state index is 13.0. The first-order valence-corrected chi connectivity index (χ1v) is 9.66. The molecule has 0 bridgehead atoms. The van der Waals surface area contributed by atoms with Crippen LogP contribution in [0.25, 0.3) is 0 Å². The van der Waals surface area contributed by atoms with Gasteiger partial charge < -0.3 is 10.2 Å². The van der Waals surface area contributed by atoms with E-state index in [1.807, 2.05) is 24.3 Å². The van der Waals surface area contributed by atoms with E-state index in [2.05, 4.69) is 26.1 Å². The lowest BCUT2D eigenvalue weighted by atomic mass is 9.81. The summed E-state index contributed by atoms with van der Waals surface area (Å²) in [6.45, 7) is 5.98. The van der Waals surface area contributed by atoms with Crippen LogP contribution < -0.4 is 5.32 Å². The molecule has 0 unspecified atom stereocenters. The molecule has 1 spiro atoms. The smallest absolute Gasteiger partial charge is 0.324 e. The van der Waals surface area contributed by atoms with Gasteiger partial charge in [-0.15, -0.1) is 0 Å². The van der Waals surface area contributed by atoms with Gasteiger partial charge in [0.25, 0.3) is 5.91 Å². The number of amides is 4. The fraction of sp³-hybridized carbons (Fsp3) is 0.571. The molecular weight excluding hydrogens is 342 g/mol. The number of imide groups is 1. The first kappa shape index (κ1) is 19.4. The van der Waals surface area contributed by atoms with Crippen molar-refractivity contribution in [1.82, 2.24) is 9.80 Å². The summed E-state index contributed by atoms with van der Waals surface area (Å²) in [7, 11) is 1.68. The Labute approximate surface area is 160 Å². The Balaban J connectivity index is 1.75. The SMILES string of the molecule is CN1C(=O)N(CC(=O)Nc2ccccc2C(C)(C)C)C(=O)C12CCCCC2. The van der Waals surface area contributed by atoms with E-state index in [1.54, 1.807) is 11.9 Å². The van der Waals surface area contributed by atoms with Crippen molar-refractivity contribution in [3.8, 4) is 0 Å². The molecule has 2 aliphatic rings. The van der Waals surface area contributed by atoms with Gasteiger partial charge in [0.05, 0.1) is 0 Å². The van der Waals surface area contributed by atoms with E-state index >= 15 is 0 Å². The zero-order chi connectivity index (χ0) is 19.8. The fourth-order valence-corrected chi connectivity index (χ4v) is 4.25. The summed E-state index contributed by atoms with van der Waals surface area (Å²) < 4.78 is 0. The standard InChI is InChI=1S/C21H29N3O3/c1-20(2,3)15-10-6-7-11-16(15)22-17(25)14-24-18(26)21(23(4)19(24)27)12-8-5-9-13-21/h6-7,10-11H,5,8-9,12-14H2,1-4H3,(H,22,25). The number of carbonyl (C=O) groups excluding carboxylic acids is 3. The van der Waals surface area contributed by atoms with Crippen LogP contribution in [-0.4, -0.2) is 46.8 Å². The number of hydrogen-bond donors (Lipinski definition) is 1. The number of anilines is 1. The maximum Gasteiger partial charge on any atom is 0.327 e. The number of carbonyl (C=O) groups is 3. The number of hydrogen-bond acceptors (Lipinski definition) is 3. The van der Waals surface area contributed by atoms with Crippen LogP contribution >= 0.6 is 0 Å². The van der Waals surface area contributed by atoms with E-state index < -0.39 is 5.54 Å². The molecule has 1 saturated heterocycles. The van der Waals surface area contributed by atoms with Crippen molar-refractivity contribution in [2.24, 2.45) is 0 Å². The molecule has 0 radical (unpaired) electrons. The molecule has 1 aliphatic carbocycles. The number of nitrogens with one attached hydrogen (secondary N) is 1. The molecule has 0 atom stereocenters. The Kier molecular flexibility index (Phi) is 5.02. The molecule has 4 amide bonds. The number of likely N-dealkylation sites (N-methyl/N-ethyl adjacent to an activating group) is 1. The predicted octanol–water partition coefficient (Wildman–Crippen LogP) is 3.52. The second-order valence-electron chi connectivity index (χ2n) is 8.67. The van der Waals surface area contributed by atoms with Crippen LogP contribution in [0.1, 0.15) is 58.4 Å². The molecule has 146 valence electrons. The van der Waals surface area contributed by atoms with Gasteiger partial charge in [0, 0.05) is 12.7 Å². The van der Waals surface area contributed by atoms with Gasteiger partial charge in [-0.2, -0.15) is 0 Å². The van der Waals surface area contributed by atoms with Crippen molar-refractivity contribution in [2.75, 3.05) is 18.9 Å². The molecule has 6 nitrogen and oxygen atoms in total. The van der Waals surface area contributed by atoms with E-state index in [0.29, 0.717) is 12.8 Å². The van der Waals surface area contributed by atoms with Crippen molar-refractivity contribution < 1.29 is 14.4 Å². The van der Waals surface area contributed by atoms with Crippen molar-refractivity contribution >= 4 is 23.5 Å². The van der Waals surface area contributed by atoms with E-state index in [1.165, 1.54) is 0 Å². The van der Waals surface area contributed by atoms with Gasteiger partial charge in [-0.3, -0.25) is 14.5 Å². The molecule has 2 fully saturated rings. The van der Waals surface area contributed by atoms with Gasteiger partial charge in [0.15, 0.2) is 0 Å². The van der Waals surface area contributed by atoms with Crippen LogP contribution in [0.5, 0.6) is 0 Å². The van der Waals surface area contributed by atoms with Gasteiger partial charge in [-0.1, -0.05) is 58.2 Å². The van der Waals surface area contributed by atoms with Crippen molar-refractivity contribution in [2.45, 2.75) is 63.8 Å². The van der Waals surface area contributed by atoms with Gasteiger partial charge in [-0.05, 0) is 29.9 Å².